The van der Waals surface area contributed by atoms with Gasteiger partial charge in [-0.15, -0.1) is 0 Å². The summed E-state index contributed by atoms with van der Waals surface area (Å²) in [4.78, 5) is 63.2. The molecule has 14 nitrogen and oxygen atoms in total. The third kappa shape index (κ3) is 6.89. The number of ether oxygens (including phenoxy) is 1. The number of esters is 1. The first-order chi connectivity index (χ1) is 19.2. The van der Waals surface area contributed by atoms with Crippen molar-refractivity contribution < 1.29 is 49.2 Å². The molecule has 0 radical (unpaired) electrons. The number of carboxylic acids is 1. The smallest absolute Gasteiger partial charge is 0.317 e. The van der Waals surface area contributed by atoms with Crippen molar-refractivity contribution in [1.29, 1.82) is 0 Å². The second-order valence-corrected chi connectivity index (χ2v) is 11.8. The Morgan fingerprint density at radius 2 is 1.40 bits per heavy atom. The number of rotatable bonds is 11. The largest absolute Gasteiger partial charge is 0.481 e. The number of hydrogen-bond donors (Lipinski definition) is 2. The van der Waals surface area contributed by atoms with Gasteiger partial charge in [0.25, 0.3) is 0 Å². The van der Waals surface area contributed by atoms with Crippen molar-refractivity contribution in [2.24, 2.45) is 35.5 Å². The van der Waals surface area contributed by atoms with Gasteiger partial charge in [0.2, 0.25) is 12.1 Å². The molecule has 4 rings (SSSR count). The molecular formula is C26H40N2O12. The molecule has 40 heavy (non-hydrogen) atoms. The Hall–Kier alpha value is -2.42. The minimum atomic E-state index is -1.32. The highest BCUT2D eigenvalue weighted by Gasteiger charge is 2.51. The highest BCUT2D eigenvalue weighted by Crippen LogP contribution is 2.44. The Labute approximate surface area is 231 Å². The summed E-state index contributed by atoms with van der Waals surface area (Å²) in [5.74, 6) is -5.24. The lowest BCUT2D eigenvalue weighted by molar-refractivity contribution is -0.542. The molecule has 10 unspecified atom stereocenters. The molecular weight excluding hydrogens is 532 g/mol. The van der Waals surface area contributed by atoms with E-state index in [0.29, 0.717) is 38.5 Å². The van der Waals surface area contributed by atoms with Crippen LogP contribution in [0.4, 0.5) is 0 Å². The number of nitro groups is 2. The second-order valence-electron chi connectivity index (χ2n) is 11.8. The van der Waals surface area contributed by atoms with E-state index in [1.807, 2.05) is 0 Å². The maximum absolute atomic E-state index is 13.2. The van der Waals surface area contributed by atoms with Gasteiger partial charge < -0.3 is 9.84 Å². The number of carbonyl (C=O) groups is 2. The van der Waals surface area contributed by atoms with Crippen LogP contribution in [0.25, 0.3) is 0 Å². The number of fused-ring (bicyclic) bond motifs is 1. The summed E-state index contributed by atoms with van der Waals surface area (Å²) in [6, 6.07) is -2.09. The summed E-state index contributed by atoms with van der Waals surface area (Å²) in [5.41, 5.74) is 0. The van der Waals surface area contributed by atoms with Crippen LogP contribution in [0.3, 0.4) is 0 Å². The van der Waals surface area contributed by atoms with E-state index in [1.54, 1.807) is 0 Å². The van der Waals surface area contributed by atoms with Crippen molar-refractivity contribution in [2.45, 2.75) is 101 Å². The summed E-state index contributed by atoms with van der Waals surface area (Å²) >= 11 is 0. The predicted octanol–water partition coefficient (Wildman–Crippen LogP) is 3.51. The second kappa shape index (κ2) is 14.0. The van der Waals surface area contributed by atoms with E-state index in [4.69, 9.17) is 19.8 Å². The topological polar surface area (TPSA) is 198 Å². The van der Waals surface area contributed by atoms with Crippen LogP contribution >= 0.6 is 0 Å². The summed E-state index contributed by atoms with van der Waals surface area (Å²) in [5, 5.41) is 41.8. The highest BCUT2D eigenvalue weighted by atomic mass is 17.2. The van der Waals surface area contributed by atoms with Crippen molar-refractivity contribution in [3.8, 4) is 0 Å². The van der Waals surface area contributed by atoms with Gasteiger partial charge in [0.05, 0.1) is 31.2 Å². The van der Waals surface area contributed by atoms with Gasteiger partial charge in [-0.25, -0.2) is 14.7 Å². The molecule has 0 aromatic rings. The first-order valence-electron chi connectivity index (χ1n) is 14.5. The van der Waals surface area contributed by atoms with Crippen LogP contribution in [0.1, 0.15) is 77.0 Å². The normalized spacial score (nSPS) is 38.1. The zero-order valence-electron chi connectivity index (χ0n) is 22.5. The maximum atomic E-state index is 13.2. The third-order valence-corrected chi connectivity index (χ3v) is 9.74. The van der Waals surface area contributed by atoms with Gasteiger partial charge in [-0.05, 0) is 63.2 Å². The number of carbonyl (C=O) groups excluding carboxylic acids is 1. The molecule has 14 heteroatoms. The van der Waals surface area contributed by atoms with Crippen LogP contribution in [0.15, 0.2) is 0 Å². The third-order valence-electron chi connectivity index (χ3n) is 9.74. The molecule has 10 atom stereocenters. The van der Waals surface area contributed by atoms with Crippen LogP contribution in [0, 0.1) is 55.7 Å². The Kier molecular flexibility index (Phi) is 10.7. The summed E-state index contributed by atoms with van der Waals surface area (Å²) in [6.45, 7) is -0.0207. The number of nitrogens with zero attached hydrogens (tertiary/aromatic N) is 2. The van der Waals surface area contributed by atoms with Crippen molar-refractivity contribution >= 4 is 11.9 Å². The fraction of sp³-hybridized carbons (Fsp3) is 0.923. The maximum Gasteiger partial charge on any atom is 0.317 e. The van der Waals surface area contributed by atoms with E-state index in [1.165, 1.54) is 0 Å². The lowest BCUT2D eigenvalue weighted by Gasteiger charge is -2.45. The van der Waals surface area contributed by atoms with Gasteiger partial charge in [0, 0.05) is 28.6 Å². The van der Waals surface area contributed by atoms with Crippen molar-refractivity contribution in [3.05, 3.63) is 20.2 Å². The lowest BCUT2D eigenvalue weighted by atomic mass is 9.68. The molecule has 0 aromatic carbocycles. The number of aliphatic carboxylic acids is 1. The molecule has 4 aliphatic carbocycles. The Morgan fingerprint density at radius 1 is 0.775 bits per heavy atom. The lowest BCUT2D eigenvalue weighted by Crippen LogP contribution is -2.50. The molecule has 0 saturated heterocycles. The fourth-order valence-corrected chi connectivity index (χ4v) is 7.72. The van der Waals surface area contributed by atoms with E-state index in [9.17, 15) is 34.9 Å². The van der Waals surface area contributed by atoms with E-state index in [2.05, 4.69) is 4.89 Å². The molecule has 0 aliphatic heterocycles. The Morgan fingerprint density at radius 3 is 2.05 bits per heavy atom. The van der Waals surface area contributed by atoms with Gasteiger partial charge in [0.1, 0.15) is 12.0 Å². The van der Waals surface area contributed by atoms with Crippen LogP contribution in [-0.2, 0) is 29.0 Å². The van der Waals surface area contributed by atoms with Gasteiger partial charge in [-0.3, -0.25) is 35.1 Å². The quantitative estimate of drug-likeness (QED) is 0.158. The highest BCUT2D eigenvalue weighted by molar-refractivity contribution is 5.82. The molecule has 0 heterocycles. The monoisotopic (exact) mass is 572 g/mol. The molecule has 4 saturated carbocycles. The predicted molar refractivity (Wildman–Crippen MR) is 135 cm³/mol. The molecule has 0 bridgehead atoms. The first-order valence-corrected chi connectivity index (χ1v) is 14.5. The van der Waals surface area contributed by atoms with Crippen LogP contribution in [0.2, 0.25) is 0 Å². The van der Waals surface area contributed by atoms with E-state index in [-0.39, 0.29) is 54.8 Å². The average molecular weight is 573 g/mol. The molecule has 4 fully saturated rings. The SMILES string of the molecule is O=C(O)C1CCCC([N+](=O)[O-])C1C(=O)OC1CCC(OOCC2C(COO)CCCC2[N+](=O)[O-])C2CCCCC12. The van der Waals surface area contributed by atoms with E-state index < -0.39 is 52.8 Å². The van der Waals surface area contributed by atoms with Crippen LogP contribution < -0.4 is 0 Å². The van der Waals surface area contributed by atoms with E-state index in [0.717, 1.165) is 25.7 Å². The standard InChI is InChI=1S/C26H40N2O12/c29-25(30)18-8-4-10-21(28(34)35)24(18)26(31)39-22-11-12-23(17-7-2-1-6-16(17)22)40-38-14-19-15(13-37-36)5-3-9-20(19)27(32)33/h15-24,36H,1-14H2,(H,29,30). The minimum Gasteiger partial charge on any atom is -0.481 e. The van der Waals surface area contributed by atoms with Crippen molar-refractivity contribution in [1.82, 2.24) is 0 Å². The van der Waals surface area contributed by atoms with Gasteiger partial charge in [-0.2, -0.15) is 0 Å². The van der Waals surface area contributed by atoms with Gasteiger partial charge in [-0.1, -0.05) is 12.8 Å². The summed E-state index contributed by atoms with van der Waals surface area (Å²) in [7, 11) is 0. The zero-order valence-corrected chi connectivity index (χ0v) is 22.5. The Bertz CT molecular complexity index is 894. The summed E-state index contributed by atoms with van der Waals surface area (Å²) in [6.07, 6.45) is 6.09. The molecule has 0 amide bonds. The fourth-order valence-electron chi connectivity index (χ4n) is 7.72. The zero-order chi connectivity index (χ0) is 28.8. The van der Waals surface area contributed by atoms with Crippen molar-refractivity contribution in [2.75, 3.05) is 13.2 Å². The van der Waals surface area contributed by atoms with Crippen LogP contribution in [-0.4, -0.2) is 69.7 Å². The minimum absolute atomic E-state index is 0.00230. The van der Waals surface area contributed by atoms with Crippen molar-refractivity contribution in [3.63, 3.8) is 0 Å². The molecule has 2 N–H and O–H groups in total. The number of hydrogen-bond acceptors (Lipinski definition) is 11. The first kappa shape index (κ1) is 30.5. The van der Waals surface area contributed by atoms with Crippen LogP contribution in [0.5, 0.6) is 0 Å². The van der Waals surface area contributed by atoms with E-state index >= 15 is 0 Å². The van der Waals surface area contributed by atoms with Gasteiger partial charge >= 0.3 is 11.9 Å². The molecule has 0 aromatic heterocycles. The molecule has 4 aliphatic rings. The summed E-state index contributed by atoms with van der Waals surface area (Å²) < 4.78 is 5.87. The molecule has 0 spiro atoms. The average Bonchev–Trinajstić information content (AvgIpc) is 2.94. The molecule has 226 valence electrons. The Balaban J connectivity index is 1.38. The van der Waals surface area contributed by atoms with Gasteiger partial charge in [0.15, 0.2) is 0 Å². The number of carboxylic acid groups (broad SMARTS) is 1.